The van der Waals surface area contributed by atoms with Crippen LogP contribution in [-0.2, 0) is 38.0 Å². The molecule has 4 saturated carbocycles. The van der Waals surface area contributed by atoms with Gasteiger partial charge in [0.1, 0.15) is 54.9 Å². The van der Waals surface area contributed by atoms with Crippen molar-refractivity contribution in [2.75, 3.05) is 26.4 Å². The first-order valence-corrected chi connectivity index (χ1v) is 22.3. The third-order valence-corrected chi connectivity index (χ3v) is 16.3. The SMILES string of the molecule is C=C1C[C@@]23CC[C@H]4[C@@](C)(CCC[C@@]4(C)C(=O)NCCCC(=O)O)[C@@H]2CC[C@]1(O[C@@H]1O[C@H](CO)[C@@H](O)[C@H](O[C@@H]2O[C@H](CO)[C@@H](C)[C@H](O)[C@H]2O)[C@H]1O[C@@H]1O[C@H](CO)[C@@H](O)[C@H](O)[C@H]1O)C3. The fourth-order valence-electron chi connectivity index (χ4n) is 13.0. The van der Waals surface area contributed by atoms with Gasteiger partial charge in [-0.25, -0.2) is 0 Å². The topological polar surface area (TPSA) is 304 Å². The van der Waals surface area contributed by atoms with Crippen molar-refractivity contribution in [2.24, 2.45) is 34.0 Å². The van der Waals surface area contributed by atoms with Crippen LogP contribution in [0.5, 0.6) is 0 Å². The molecular formula is C43H69NO18. The first-order chi connectivity index (χ1) is 29.3. The minimum atomic E-state index is -1.89. The molecular weight excluding hydrogens is 818 g/mol. The Balaban J connectivity index is 1.17. The molecule has 0 radical (unpaired) electrons. The van der Waals surface area contributed by atoms with Crippen molar-refractivity contribution in [2.45, 2.75) is 183 Å². The van der Waals surface area contributed by atoms with Gasteiger partial charge in [0.2, 0.25) is 5.91 Å². The van der Waals surface area contributed by atoms with E-state index in [1.807, 2.05) is 6.92 Å². The molecule has 0 aromatic heterocycles. The summed E-state index contributed by atoms with van der Waals surface area (Å²) in [4.78, 5) is 25.0. The van der Waals surface area contributed by atoms with Gasteiger partial charge in [0.15, 0.2) is 18.9 Å². The number of carboxylic acids is 1. The standard InChI is InChI=1S/C43H69NO18/c1-20-15-42-12-8-25-40(3,10-6-11-41(25,4)39(56)44-14-5-7-27(48)49)26(42)9-13-43(20,19-42)62-38-35(61-37-33(55)31(53)29(51)23(17-46)58-37)34(30(52)24(18-47)59-38)60-36-32(54)28(50)21(2)22(16-45)57-36/h21-26,28-38,45-47,50-55H,1,5-19H2,2-4H3,(H,44,56)(H,48,49)/t21-,22-,23-,24-,25+,26+,28+,29-,30-,31+,32-,33-,34+,35-,36+,37+,38+,40-,41-,42-,43+/m1/s1. The van der Waals surface area contributed by atoms with Crippen LogP contribution in [0.25, 0.3) is 0 Å². The van der Waals surface area contributed by atoms with Gasteiger partial charge in [-0.05, 0) is 86.0 Å². The summed E-state index contributed by atoms with van der Waals surface area (Å²) in [6, 6.07) is 0. The Labute approximate surface area is 361 Å². The fourth-order valence-corrected chi connectivity index (χ4v) is 13.0. The molecule has 11 N–H and O–H groups in total. The summed E-state index contributed by atoms with van der Waals surface area (Å²) in [5.74, 6) is -1.39. The number of carboxylic acid groups (broad SMARTS) is 1. The molecule has 3 heterocycles. The van der Waals surface area contributed by atoms with Crippen LogP contribution in [0.4, 0.5) is 0 Å². The Bertz CT molecular complexity index is 1620. The number of aliphatic hydroxyl groups is 9. The molecule has 19 nitrogen and oxygen atoms in total. The highest BCUT2D eigenvalue weighted by atomic mass is 16.8. The van der Waals surface area contributed by atoms with E-state index in [-0.39, 0.29) is 35.0 Å². The van der Waals surface area contributed by atoms with E-state index in [0.717, 1.165) is 37.7 Å². The van der Waals surface area contributed by atoms with E-state index in [0.29, 0.717) is 38.6 Å². The van der Waals surface area contributed by atoms with E-state index in [1.165, 1.54) is 0 Å². The summed E-state index contributed by atoms with van der Waals surface area (Å²) in [6.45, 7) is 8.74. The maximum Gasteiger partial charge on any atom is 0.303 e. The molecule has 0 aromatic carbocycles. The molecule has 4 aliphatic carbocycles. The van der Waals surface area contributed by atoms with Crippen LogP contribution in [0.2, 0.25) is 0 Å². The largest absolute Gasteiger partial charge is 0.481 e. The third kappa shape index (κ3) is 8.29. The molecule has 62 heavy (non-hydrogen) atoms. The molecule has 0 unspecified atom stereocenters. The molecule has 7 rings (SSSR count). The zero-order chi connectivity index (χ0) is 45.1. The van der Waals surface area contributed by atoms with Crippen molar-refractivity contribution < 1.29 is 89.1 Å². The molecule has 3 saturated heterocycles. The van der Waals surface area contributed by atoms with Gasteiger partial charge in [0.05, 0.1) is 37.6 Å². The van der Waals surface area contributed by atoms with Crippen LogP contribution in [0.1, 0.15) is 91.4 Å². The summed E-state index contributed by atoms with van der Waals surface area (Å²) >= 11 is 0. The number of amides is 1. The second-order valence-corrected chi connectivity index (χ2v) is 19.8. The van der Waals surface area contributed by atoms with Crippen LogP contribution in [0.3, 0.4) is 0 Å². The van der Waals surface area contributed by atoms with Gasteiger partial charge in [0, 0.05) is 24.3 Å². The van der Waals surface area contributed by atoms with Crippen molar-refractivity contribution in [3.8, 4) is 0 Å². The number of fused-ring (bicyclic) bond motifs is 3. The van der Waals surface area contributed by atoms with Gasteiger partial charge in [-0.2, -0.15) is 0 Å². The predicted molar refractivity (Wildman–Crippen MR) is 212 cm³/mol. The van der Waals surface area contributed by atoms with E-state index in [9.17, 15) is 55.5 Å². The fraction of sp³-hybridized carbons (Fsp3) is 0.907. The number of aliphatic carboxylic acids is 1. The molecule has 0 aromatic rings. The third-order valence-electron chi connectivity index (χ3n) is 16.3. The van der Waals surface area contributed by atoms with E-state index in [4.69, 9.17) is 33.5 Å². The number of nitrogens with one attached hydrogen (secondary N) is 1. The van der Waals surface area contributed by atoms with Crippen LogP contribution in [0.15, 0.2) is 12.2 Å². The highest BCUT2D eigenvalue weighted by molar-refractivity contribution is 5.83. The Kier molecular flexibility index (Phi) is 14.3. The lowest BCUT2D eigenvalue weighted by atomic mass is 9.40. The van der Waals surface area contributed by atoms with Crippen LogP contribution in [-0.4, -0.2) is 181 Å². The molecule has 354 valence electrons. The van der Waals surface area contributed by atoms with Gasteiger partial charge in [-0.1, -0.05) is 33.8 Å². The smallest absolute Gasteiger partial charge is 0.303 e. The Hall–Kier alpha value is -1.92. The normalized spacial score (nSPS) is 50.4. The average molecular weight is 888 g/mol. The lowest BCUT2D eigenvalue weighted by molar-refractivity contribution is -0.398. The second-order valence-electron chi connectivity index (χ2n) is 19.8. The van der Waals surface area contributed by atoms with Crippen LogP contribution in [0, 0.1) is 34.0 Å². The van der Waals surface area contributed by atoms with E-state index < -0.39 is 129 Å². The average Bonchev–Trinajstić information content (AvgIpc) is 3.43. The van der Waals surface area contributed by atoms with Gasteiger partial charge in [-0.3, -0.25) is 9.59 Å². The van der Waals surface area contributed by atoms with Crippen LogP contribution < -0.4 is 5.32 Å². The Morgan fingerprint density at radius 2 is 1.34 bits per heavy atom. The minimum Gasteiger partial charge on any atom is -0.481 e. The highest BCUT2D eigenvalue weighted by Gasteiger charge is 2.69. The molecule has 1 spiro atoms. The van der Waals surface area contributed by atoms with Crippen molar-refractivity contribution >= 4 is 11.9 Å². The summed E-state index contributed by atoms with van der Waals surface area (Å²) in [7, 11) is 0. The van der Waals surface area contributed by atoms with Crippen molar-refractivity contribution in [1.82, 2.24) is 5.32 Å². The first-order valence-electron chi connectivity index (χ1n) is 22.3. The van der Waals surface area contributed by atoms with E-state index in [2.05, 4.69) is 18.8 Å². The number of aliphatic hydroxyl groups excluding tert-OH is 9. The number of ether oxygens (including phenoxy) is 6. The van der Waals surface area contributed by atoms with Gasteiger partial charge < -0.3 is 84.8 Å². The lowest BCUT2D eigenvalue weighted by Crippen LogP contribution is -2.67. The van der Waals surface area contributed by atoms with Gasteiger partial charge in [-0.15, -0.1) is 0 Å². The maximum absolute atomic E-state index is 13.9. The highest BCUT2D eigenvalue weighted by Crippen LogP contribution is 2.73. The number of hydrogen-bond acceptors (Lipinski definition) is 17. The van der Waals surface area contributed by atoms with Crippen molar-refractivity contribution in [3.05, 3.63) is 12.2 Å². The van der Waals surface area contributed by atoms with E-state index in [1.54, 1.807) is 6.92 Å². The van der Waals surface area contributed by atoms with E-state index >= 15 is 0 Å². The minimum absolute atomic E-state index is 0.0234. The number of hydrogen-bond donors (Lipinski definition) is 11. The zero-order valence-corrected chi connectivity index (χ0v) is 35.9. The molecule has 7 aliphatic rings. The molecule has 1 amide bonds. The summed E-state index contributed by atoms with van der Waals surface area (Å²) in [5.41, 5.74) is -1.35. The van der Waals surface area contributed by atoms with Crippen molar-refractivity contribution in [1.29, 1.82) is 0 Å². The zero-order valence-electron chi connectivity index (χ0n) is 35.9. The Morgan fingerprint density at radius 1 is 0.742 bits per heavy atom. The maximum atomic E-state index is 13.9. The van der Waals surface area contributed by atoms with Gasteiger partial charge in [0.25, 0.3) is 0 Å². The molecule has 2 bridgehead atoms. The second kappa shape index (κ2) is 18.4. The summed E-state index contributed by atoms with van der Waals surface area (Å²) in [6.07, 6.45) is -15.3. The summed E-state index contributed by atoms with van der Waals surface area (Å²) in [5, 5.41) is 109. The molecule has 19 heteroatoms. The predicted octanol–water partition coefficient (Wildman–Crippen LogP) is -1.20. The number of carbonyl (C=O) groups excluding carboxylic acids is 1. The molecule has 3 aliphatic heterocycles. The monoisotopic (exact) mass is 887 g/mol. The first kappa shape index (κ1) is 48.0. The van der Waals surface area contributed by atoms with Crippen molar-refractivity contribution in [3.63, 3.8) is 0 Å². The quantitative estimate of drug-likeness (QED) is 0.0555. The number of carbonyl (C=O) groups is 2. The Morgan fingerprint density at radius 3 is 2.00 bits per heavy atom. The number of rotatable bonds is 14. The van der Waals surface area contributed by atoms with Crippen LogP contribution >= 0.6 is 0 Å². The van der Waals surface area contributed by atoms with Gasteiger partial charge >= 0.3 is 5.97 Å². The molecule has 7 fully saturated rings. The lowest BCUT2D eigenvalue weighted by Gasteiger charge is -2.64. The molecule has 21 atom stereocenters. The summed E-state index contributed by atoms with van der Waals surface area (Å²) < 4.78 is 37.4.